The van der Waals surface area contributed by atoms with Crippen molar-refractivity contribution in [3.8, 4) is 0 Å². The zero-order valence-corrected chi connectivity index (χ0v) is 12.5. The average molecular weight is 274 g/mol. The number of aryl methyl sites for hydroxylation is 2. The van der Waals surface area contributed by atoms with Gasteiger partial charge in [-0.1, -0.05) is 26.2 Å². The highest BCUT2D eigenvalue weighted by Gasteiger charge is 2.15. The van der Waals surface area contributed by atoms with Crippen LogP contribution in [-0.2, 0) is 13.5 Å². The molecule has 20 heavy (non-hydrogen) atoms. The van der Waals surface area contributed by atoms with Gasteiger partial charge in [0.25, 0.3) is 5.69 Å². The van der Waals surface area contributed by atoms with Gasteiger partial charge in [0.05, 0.1) is 4.92 Å². The molecule has 0 atom stereocenters. The molecule has 1 heterocycles. The highest BCUT2D eigenvalue weighted by molar-refractivity contribution is 5.87. The standard InChI is InChI=1S/C16H22N2O2/c1-4-5-6-7-8-14-12(2)17(3)16-10-9-13(18(19)20)11-15(14)16/h9-11H,4-8H2,1-3H3. The second-order valence-electron chi connectivity index (χ2n) is 5.39. The maximum atomic E-state index is 10.9. The number of aromatic nitrogens is 1. The lowest BCUT2D eigenvalue weighted by Gasteiger charge is -2.02. The Hall–Kier alpha value is -1.84. The van der Waals surface area contributed by atoms with Gasteiger partial charge in [-0.05, 0) is 31.4 Å². The first-order chi connectivity index (χ1) is 9.56. The number of benzene rings is 1. The third-order valence-electron chi connectivity index (χ3n) is 4.10. The summed E-state index contributed by atoms with van der Waals surface area (Å²) in [6, 6.07) is 5.16. The Morgan fingerprint density at radius 1 is 1.25 bits per heavy atom. The minimum Gasteiger partial charge on any atom is -0.348 e. The molecule has 0 aliphatic rings. The average Bonchev–Trinajstić information content (AvgIpc) is 2.67. The zero-order valence-electron chi connectivity index (χ0n) is 12.5. The van der Waals surface area contributed by atoms with E-state index in [-0.39, 0.29) is 10.6 Å². The van der Waals surface area contributed by atoms with Crippen molar-refractivity contribution in [3.05, 3.63) is 39.6 Å². The van der Waals surface area contributed by atoms with Gasteiger partial charge in [-0.25, -0.2) is 0 Å². The quantitative estimate of drug-likeness (QED) is 0.442. The van der Waals surface area contributed by atoms with E-state index in [1.807, 2.05) is 13.1 Å². The SMILES string of the molecule is CCCCCCc1c(C)n(C)c2ccc([N+](=O)[O-])cc12. The van der Waals surface area contributed by atoms with Crippen molar-refractivity contribution >= 4 is 16.6 Å². The van der Waals surface area contributed by atoms with Crippen LogP contribution in [0.2, 0.25) is 0 Å². The number of rotatable bonds is 6. The normalized spacial score (nSPS) is 11.2. The lowest BCUT2D eigenvalue weighted by molar-refractivity contribution is -0.384. The smallest absolute Gasteiger partial charge is 0.270 e. The van der Waals surface area contributed by atoms with Gasteiger partial charge < -0.3 is 4.57 Å². The Morgan fingerprint density at radius 3 is 2.65 bits per heavy atom. The molecule has 1 aromatic heterocycles. The molecule has 0 N–H and O–H groups in total. The number of unbranched alkanes of at least 4 members (excludes halogenated alkanes) is 3. The topological polar surface area (TPSA) is 48.1 Å². The highest BCUT2D eigenvalue weighted by atomic mass is 16.6. The van der Waals surface area contributed by atoms with E-state index < -0.39 is 0 Å². The third-order valence-corrected chi connectivity index (χ3v) is 4.10. The number of non-ortho nitro benzene ring substituents is 1. The van der Waals surface area contributed by atoms with E-state index in [2.05, 4.69) is 18.4 Å². The van der Waals surface area contributed by atoms with Crippen LogP contribution in [0, 0.1) is 17.0 Å². The fourth-order valence-electron chi connectivity index (χ4n) is 2.79. The van der Waals surface area contributed by atoms with Crippen LogP contribution in [0.3, 0.4) is 0 Å². The first-order valence-corrected chi connectivity index (χ1v) is 7.28. The minimum absolute atomic E-state index is 0.179. The van der Waals surface area contributed by atoms with E-state index >= 15 is 0 Å². The second kappa shape index (κ2) is 6.07. The van der Waals surface area contributed by atoms with Gasteiger partial charge in [0.15, 0.2) is 0 Å². The molecule has 0 unspecified atom stereocenters. The number of nitro groups is 1. The van der Waals surface area contributed by atoms with E-state index in [1.165, 1.54) is 30.5 Å². The number of nitro benzene ring substituents is 1. The minimum atomic E-state index is -0.317. The maximum absolute atomic E-state index is 10.9. The van der Waals surface area contributed by atoms with E-state index in [1.54, 1.807) is 12.1 Å². The van der Waals surface area contributed by atoms with Crippen molar-refractivity contribution < 1.29 is 4.92 Å². The lowest BCUT2D eigenvalue weighted by Crippen LogP contribution is -1.93. The van der Waals surface area contributed by atoms with E-state index in [0.717, 1.165) is 23.7 Å². The highest BCUT2D eigenvalue weighted by Crippen LogP contribution is 2.29. The predicted molar refractivity (Wildman–Crippen MR) is 82.2 cm³/mol. The summed E-state index contributed by atoms with van der Waals surface area (Å²) in [6.07, 6.45) is 5.85. The molecule has 0 radical (unpaired) electrons. The van der Waals surface area contributed by atoms with Crippen LogP contribution in [0.1, 0.15) is 43.9 Å². The molecule has 2 rings (SSSR count). The zero-order chi connectivity index (χ0) is 14.7. The summed E-state index contributed by atoms with van der Waals surface area (Å²) in [5.74, 6) is 0. The van der Waals surface area contributed by atoms with Gasteiger partial charge in [-0.3, -0.25) is 10.1 Å². The van der Waals surface area contributed by atoms with Crippen LogP contribution in [-0.4, -0.2) is 9.49 Å². The van der Waals surface area contributed by atoms with Crippen LogP contribution >= 0.6 is 0 Å². The van der Waals surface area contributed by atoms with Crippen molar-refractivity contribution in [1.29, 1.82) is 0 Å². The summed E-state index contributed by atoms with van der Waals surface area (Å²) in [6.45, 7) is 4.30. The number of hydrogen-bond acceptors (Lipinski definition) is 2. The van der Waals surface area contributed by atoms with Gasteiger partial charge in [-0.15, -0.1) is 0 Å². The van der Waals surface area contributed by atoms with Gasteiger partial charge in [-0.2, -0.15) is 0 Å². The van der Waals surface area contributed by atoms with Gasteiger partial charge in [0, 0.05) is 35.8 Å². The molecule has 0 spiro atoms. The Bertz CT molecular complexity index is 629. The molecule has 0 fully saturated rings. The van der Waals surface area contributed by atoms with Crippen LogP contribution < -0.4 is 0 Å². The summed E-state index contributed by atoms with van der Waals surface area (Å²) in [7, 11) is 2.03. The van der Waals surface area contributed by atoms with Crippen LogP contribution in [0.4, 0.5) is 5.69 Å². The maximum Gasteiger partial charge on any atom is 0.270 e. The first kappa shape index (κ1) is 14.6. The lowest BCUT2D eigenvalue weighted by atomic mass is 10.0. The first-order valence-electron chi connectivity index (χ1n) is 7.28. The molecule has 1 aromatic carbocycles. The predicted octanol–water partition coefficient (Wildman–Crippen LogP) is 4.52. The molecule has 0 aliphatic heterocycles. The Labute approximate surface area is 119 Å². The van der Waals surface area contributed by atoms with E-state index in [4.69, 9.17) is 0 Å². The third kappa shape index (κ3) is 2.69. The van der Waals surface area contributed by atoms with Crippen LogP contribution in [0.5, 0.6) is 0 Å². The second-order valence-corrected chi connectivity index (χ2v) is 5.39. The molecular weight excluding hydrogens is 252 g/mol. The number of nitrogens with zero attached hydrogens (tertiary/aromatic N) is 2. The molecule has 0 aliphatic carbocycles. The van der Waals surface area contributed by atoms with Crippen LogP contribution in [0.25, 0.3) is 10.9 Å². The van der Waals surface area contributed by atoms with Gasteiger partial charge >= 0.3 is 0 Å². The van der Waals surface area contributed by atoms with Crippen molar-refractivity contribution in [2.45, 2.75) is 46.0 Å². The van der Waals surface area contributed by atoms with E-state index in [0.29, 0.717) is 0 Å². The monoisotopic (exact) mass is 274 g/mol. The molecule has 0 bridgehead atoms. The molecule has 4 heteroatoms. The Balaban J connectivity index is 2.38. The summed E-state index contributed by atoms with van der Waals surface area (Å²) in [5.41, 5.74) is 3.75. The largest absolute Gasteiger partial charge is 0.348 e. The fraction of sp³-hybridized carbons (Fsp3) is 0.500. The Morgan fingerprint density at radius 2 is 2.00 bits per heavy atom. The molecule has 108 valence electrons. The van der Waals surface area contributed by atoms with Gasteiger partial charge in [0.2, 0.25) is 0 Å². The number of hydrogen-bond donors (Lipinski definition) is 0. The van der Waals surface area contributed by atoms with E-state index in [9.17, 15) is 10.1 Å². The van der Waals surface area contributed by atoms with Crippen molar-refractivity contribution in [2.24, 2.45) is 7.05 Å². The molecule has 0 saturated heterocycles. The molecule has 2 aromatic rings. The summed E-state index contributed by atoms with van der Waals surface area (Å²) in [4.78, 5) is 10.6. The Kier molecular flexibility index (Phi) is 4.42. The molecule has 0 amide bonds. The molecule has 0 saturated carbocycles. The summed E-state index contributed by atoms with van der Waals surface area (Å²) in [5, 5.41) is 12.0. The summed E-state index contributed by atoms with van der Waals surface area (Å²) < 4.78 is 2.13. The van der Waals surface area contributed by atoms with Gasteiger partial charge in [0.1, 0.15) is 0 Å². The van der Waals surface area contributed by atoms with Crippen LogP contribution in [0.15, 0.2) is 18.2 Å². The fourth-order valence-corrected chi connectivity index (χ4v) is 2.79. The van der Waals surface area contributed by atoms with Crippen molar-refractivity contribution in [2.75, 3.05) is 0 Å². The molecule has 4 nitrogen and oxygen atoms in total. The molecular formula is C16H22N2O2. The summed E-state index contributed by atoms with van der Waals surface area (Å²) >= 11 is 0. The number of fused-ring (bicyclic) bond motifs is 1. The van der Waals surface area contributed by atoms with Crippen molar-refractivity contribution in [3.63, 3.8) is 0 Å². The van der Waals surface area contributed by atoms with Crippen molar-refractivity contribution in [1.82, 2.24) is 4.57 Å².